The zero-order valence-electron chi connectivity index (χ0n) is 7.66. The van der Waals surface area contributed by atoms with Crippen LogP contribution in [-0.2, 0) is 6.42 Å². The number of benzene rings is 1. The topological polar surface area (TPSA) is 63.4 Å². The molecular weight excluding hydrogens is 250 g/mol. The number of aryl methyl sites for hydroxylation is 1. The largest absolute Gasteiger partial charge is 0.396 e. The number of hydrogen-bond donors (Lipinski definition) is 1. The monoisotopic (exact) mass is 259 g/mol. The molecule has 5 heteroatoms. The van der Waals surface area contributed by atoms with E-state index in [-0.39, 0.29) is 12.3 Å². The molecule has 0 aliphatic rings. The summed E-state index contributed by atoms with van der Waals surface area (Å²) in [6.45, 7) is 1.83. The Kier molecular flexibility index (Phi) is 3.60. The maximum absolute atomic E-state index is 10.5. The Balaban J connectivity index is 3.18. The number of nitrogens with zero attached hydrogens (tertiary/aromatic N) is 1. The third kappa shape index (κ3) is 2.30. The van der Waals surface area contributed by atoms with Gasteiger partial charge in [0.05, 0.1) is 4.92 Å². The second-order valence-corrected chi connectivity index (χ2v) is 3.81. The van der Waals surface area contributed by atoms with E-state index >= 15 is 0 Å². The van der Waals surface area contributed by atoms with Gasteiger partial charge in [-0.3, -0.25) is 10.1 Å². The number of aliphatic hydroxyl groups excluding tert-OH is 1. The molecular formula is C9H10BrNO3. The van der Waals surface area contributed by atoms with Gasteiger partial charge < -0.3 is 5.11 Å². The molecule has 4 nitrogen and oxygen atoms in total. The number of aliphatic hydroxyl groups is 1. The highest BCUT2D eigenvalue weighted by atomic mass is 79.9. The van der Waals surface area contributed by atoms with E-state index in [0.29, 0.717) is 10.9 Å². The van der Waals surface area contributed by atoms with Gasteiger partial charge in [0.25, 0.3) is 5.69 Å². The lowest BCUT2D eigenvalue weighted by molar-refractivity contribution is -0.385. The van der Waals surface area contributed by atoms with Crippen molar-refractivity contribution < 1.29 is 10.0 Å². The minimum absolute atomic E-state index is 0.0389. The Labute approximate surface area is 89.8 Å². The van der Waals surface area contributed by atoms with Crippen LogP contribution in [0, 0.1) is 17.0 Å². The highest BCUT2D eigenvalue weighted by Gasteiger charge is 2.12. The fourth-order valence-electron chi connectivity index (χ4n) is 1.29. The predicted molar refractivity (Wildman–Crippen MR) is 56.3 cm³/mol. The van der Waals surface area contributed by atoms with E-state index in [1.807, 2.05) is 0 Å². The Morgan fingerprint density at radius 2 is 2.21 bits per heavy atom. The third-order valence-electron chi connectivity index (χ3n) is 1.98. The van der Waals surface area contributed by atoms with Crippen LogP contribution in [0.3, 0.4) is 0 Å². The second kappa shape index (κ2) is 4.52. The van der Waals surface area contributed by atoms with Crippen molar-refractivity contribution >= 4 is 21.6 Å². The molecule has 0 unspecified atom stereocenters. The Hall–Kier alpha value is -0.940. The Morgan fingerprint density at radius 3 is 2.64 bits per heavy atom. The average molecular weight is 260 g/mol. The molecule has 0 radical (unpaired) electrons. The molecule has 14 heavy (non-hydrogen) atoms. The molecule has 0 aliphatic carbocycles. The first-order chi connectivity index (χ1) is 6.56. The summed E-state index contributed by atoms with van der Waals surface area (Å²) in [7, 11) is 0. The zero-order chi connectivity index (χ0) is 10.7. The van der Waals surface area contributed by atoms with E-state index in [9.17, 15) is 10.1 Å². The van der Waals surface area contributed by atoms with Gasteiger partial charge in [-0.2, -0.15) is 0 Å². The van der Waals surface area contributed by atoms with E-state index in [1.54, 1.807) is 6.92 Å². The second-order valence-electron chi connectivity index (χ2n) is 2.95. The summed E-state index contributed by atoms with van der Waals surface area (Å²) in [5.41, 5.74) is 1.80. The van der Waals surface area contributed by atoms with Gasteiger partial charge in [-0.05, 0) is 24.5 Å². The molecule has 1 aromatic carbocycles. The van der Waals surface area contributed by atoms with Crippen LogP contribution in [0.1, 0.15) is 11.1 Å². The standard InChI is InChI=1S/C9H10BrNO3/c1-6-4-7(11(13)14)5-9(10)8(6)2-3-12/h4-5,12H,2-3H2,1H3. The zero-order valence-corrected chi connectivity index (χ0v) is 9.24. The van der Waals surface area contributed by atoms with Crippen molar-refractivity contribution in [1.29, 1.82) is 0 Å². The first kappa shape index (κ1) is 11.1. The fraction of sp³-hybridized carbons (Fsp3) is 0.333. The number of rotatable bonds is 3. The Bertz CT molecular complexity index is 342. The average Bonchev–Trinajstić information content (AvgIpc) is 2.10. The van der Waals surface area contributed by atoms with Crippen molar-refractivity contribution in [1.82, 2.24) is 0 Å². The van der Waals surface area contributed by atoms with Gasteiger partial charge in [0.15, 0.2) is 0 Å². The lowest BCUT2D eigenvalue weighted by Crippen LogP contribution is -1.98. The van der Waals surface area contributed by atoms with E-state index in [2.05, 4.69) is 15.9 Å². The predicted octanol–water partition coefficient (Wildman–Crippen LogP) is 2.20. The van der Waals surface area contributed by atoms with Crippen LogP contribution >= 0.6 is 15.9 Å². The van der Waals surface area contributed by atoms with E-state index in [4.69, 9.17) is 5.11 Å². The number of nitro groups is 1. The number of non-ortho nitro benzene ring substituents is 1. The van der Waals surface area contributed by atoms with Gasteiger partial charge in [-0.1, -0.05) is 15.9 Å². The van der Waals surface area contributed by atoms with Crippen LogP contribution in [0.2, 0.25) is 0 Å². The molecule has 0 spiro atoms. The summed E-state index contributed by atoms with van der Waals surface area (Å²) in [5.74, 6) is 0. The molecule has 0 bridgehead atoms. The molecule has 0 fully saturated rings. The van der Waals surface area contributed by atoms with Gasteiger partial charge >= 0.3 is 0 Å². The highest BCUT2D eigenvalue weighted by molar-refractivity contribution is 9.10. The third-order valence-corrected chi connectivity index (χ3v) is 2.68. The van der Waals surface area contributed by atoms with Crippen molar-refractivity contribution in [3.8, 4) is 0 Å². The lowest BCUT2D eigenvalue weighted by atomic mass is 10.1. The summed E-state index contributed by atoms with van der Waals surface area (Å²) in [6.07, 6.45) is 0.504. The maximum Gasteiger partial charge on any atom is 0.270 e. The molecule has 0 aliphatic heterocycles. The smallest absolute Gasteiger partial charge is 0.270 e. The number of halogens is 1. The fourth-order valence-corrected chi connectivity index (χ4v) is 2.04. The van der Waals surface area contributed by atoms with Crippen molar-refractivity contribution in [3.63, 3.8) is 0 Å². The van der Waals surface area contributed by atoms with Gasteiger partial charge in [0.1, 0.15) is 0 Å². The van der Waals surface area contributed by atoms with Crippen LogP contribution in [-0.4, -0.2) is 16.6 Å². The number of nitro benzene ring substituents is 1. The van der Waals surface area contributed by atoms with Crippen molar-refractivity contribution in [2.45, 2.75) is 13.3 Å². The summed E-state index contributed by atoms with van der Waals surface area (Å²) < 4.78 is 0.679. The minimum Gasteiger partial charge on any atom is -0.396 e. The highest BCUT2D eigenvalue weighted by Crippen LogP contribution is 2.26. The molecule has 0 aromatic heterocycles. The van der Waals surface area contributed by atoms with Crippen molar-refractivity contribution in [2.24, 2.45) is 0 Å². The molecule has 0 heterocycles. The molecule has 1 N–H and O–H groups in total. The van der Waals surface area contributed by atoms with E-state index in [1.165, 1.54) is 12.1 Å². The minimum atomic E-state index is -0.430. The summed E-state index contributed by atoms with van der Waals surface area (Å²) in [5, 5.41) is 19.3. The van der Waals surface area contributed by atoms with Crippen molar-refractivity contribution in [2.75, 3.05) is 6.61 Å². The number of hydrogen-bond acceptors (Lipinski definition) is 3. The Morgan fingerprint density at radius 1 is 1.57 bits per heavy atom. The van der Waals surface area contributed by atoms with Crippen LogP contribution < -0.4 is 0 Å². The summed E-state index contributed by atoms with van der Waals surface area (Å²) in [6, 6.07) is 2.97. The molecule has 0 saturated carbocycles. The van der Waals surface area contributed by atoms with E-state index < -0.39 is 4.92 Å². The normalized spacial score (nSPS) is 10.2. The molecule has 0 atom stereocenters. The van der Waals surface area contributed by atoms with Gasteiger partial charge in [0, 0.05) is 23.2 Å². The van der Waals surface area contributed by atoms with Crippen LogP contribution in [0.5, 0.6) is 0 Å². The van der Waals surface area contributed by atoms with Crippen LogP contribution in [0.25, 0.3) is 0 Å². The van der Waals surface area contributed by atoms with Crippen LogP contribution in [0.4, 0.5) is 5.69 Å². The van der Waals surface area contributed by atoms with E-state index in [0.717, 1.165) is 11.1 Å². The lowest BCUT2D eigenvalue weighted by Gasteiger charge is -2.06. The first-order valence-corrected chi connectivity index (χ1v) is 4.90. The van der Waals surface area contributed by atoms with Crippen molar-refractivity contribution in [3.05, 3.63) is 37.8 Å². The maximum atomic E-state index is 10.5. The summed E-state index contributed by atoms with van der Waals surface area (Å²) >= 11 is 3.25. The summed E-state index contributed by atoms with van der Waals surface area (Å²) in [4.78, 5) is 10.1. The molecule has 0 saturated heterocycles. The van der Waals surface area contributed by atoms with Crippen LogP contribution in [0.15, 0.2) is 16.6 Å². The van der Waals surface area contributed by atoms with Gasteiger partial charge in [-0.15, -0.1) is 0 Å². The van der Waals surface area contributed by atoms with Gasteiger partial charge in [-0.25, -0.2) is 0 Å². The molecule has 76 valence electrons. The quantitative estimate of drug-likeness (QED) is 0.669. The first-order valence-electron chi connectivity index (χ1n) is 4.10. The molecule has 0 amide bonds. The SMILES string of the molecule is Cc1cc([N+](=O)[O-])cc(Br)c1CCO. The van der Waals surface area contributed by atoms with Gasteiger partial charge in [0.2, 0.25) is 0 Å². The molecule has 1 aromatic rings. The molecule has 1 rings (SSSR count).